The summed E-state index contributed by atoms with van der Waals surface area (Å²) in [6.45, 7) is 7.31. The van der Waals surface area contributed by atoms with E-state index in [2.05, 4.69) is 33.0 Å². The van der Waals surface area contributed by atoms with Crippen LogP contribution in [0.2, 0.25) is 0 Å². The van der Waals surface area contributed by atoms with Crippen LogP contribution in [0.25, 0.3) is 0 Å². The monoisotopic (exact) mass is 453 g/mol. The Hall–Kier alpha value is -2.19. The molecule has 0 bridgehead atoms. The highest BCUT2D eigenvalue weighted by molar-refractivity contribution is 9.10. The molecule has 0 radical (unpaired) electrons. The molecule has 1 unspecified atom stereocenters. The number of aliphatic hydroxyl groups excluding tert-OH is 1. The Morgan fingerprint density at radius 1 is 1.39 bits per heavy atom. The van der Waals surface area contributed by atoms with Crippen LogP contribution < -0.4 is 5.32 Å². The number of hydrogen-bond donors (Lipinski definition) is 2. The molecule has 0 aromatic heterocycles. The molecule has 1 aromatic rings. The minimum atomic E-state index is -0.777. The molecule has 0 spiro atoms. The molecule has 1 aromatic carbocycles. The maximum absolute atomic E-state index is 12.6. The van der Waals surface area contributed by atoms with E-state index in [1.165, 1.54) is 4.90 Å². The minimum Gasteiger partial charge on any atom is -0.395 e. The number of nitrogens with zero attached hydrogens (tertiary/aromatic N) is 2. The van der Waals surface area contributed by atoms with Crippen molar-refractivity contribution < 1.29 is 19.5 Å². The van der Waals surface area contributed by atoms with Crippen LogP contribution in [0.5, 0.6) is 0 Å². The van der Waals surface area contributed by atoms with Gasteiger partial charge in [0, 0.05) is 24.5 Å². The van der Waals surface area contributed by atoms with E-state index in [1.54, 1.807) is 27.0 Å². The van der Waals surface area contributed by atoms with E-state index in [0.29, 0.717) is 12.3 Å². The number of likely N-dealkylation sites (N-methyl/N-ethyl adjacent to an activating group) is 1. The maximum Gasteiger partial charge on any atom is 0.243 e. The number of benzene rings is 1. The van der Waals surface area contributed by atoms with Crippen LogP contribution in [0.3, 0.4) is 0 Å². The smallest absolute Gasteiger partial charge is 0.243 e. The largest absolute Gasteiger partial charge is 0.395 e. The molecule has 0 fully saturated rings. The van der Waals surface area contributed by atoms with Crippen LogP contribution in [0.4, 0.5) is 0 Å². The second kappa shape index (κ2) is 12.3. The summed E-state index contributed by atoms with van der Waals surface area (Å²) in [4.78, 5) is 31.4. The Bertz CT molecular complexity index is 689. The highest BCUT2D eigenvalue weighted by atomic mass is 79.9. The van der Waals surface area contributed by atoms with Gasteiger partial charge in [0.25, 0.3) is 0 Å². The summed E-state index contributed by atoms with van der Waals surface area (Å²) in [6.07, 6.45) is 1.03. The van der Waals surface area contributed by atoms with Crippen molar-refractivity contribution in [3.63, 3.8) is 0 Å². The molecular weight excluding hydrogens is 426 g/mol. The number of allylic oxidation sites excluding steroid dienone is 1. The fraction of sp³-hybridized carbons (Fsp3) is 0.450. The normalized spacial score (nSPS) is 13.4. The van der Waals surface area contributed by atoms with E-state index >= 15 is 0 Å². The Morgan fingerprint density at radius 3 is 2.61 bits per heavy atom. The van der Waals surface area contributed by atoms with E-state index in [9.17, 15) is 14.7 Å². The lowest BCUT2D eigenvalue weighted by Gasteiger charge is -2.28. The van der Waals surface area contributed by atoms with Crippen LogP contribution in [-0.4, -0.2) is 53.3 Å². The van der Waals surface area contributed by atoms with Gasteiger partial charge >= 0.3 is 0 Å². The van der Waals surface area contributed by atoms with Gasteiger partial charge in [0.15, 0.2) is 0 Å². The molecule has 2 amide bonds. The van der Waals surface area contributed by atoms with Gasteiger partial charge in [-0.05, 0) is 37.6 Å². The standard InChI is InChI=1S/C20H28BrN3O4/c1-5-14(2)23-28-11-10-19(26)24(4)18(12-15(3)25)20(27)22-13-16-6-8-17(21)9-7-16/h5-9,15,18,25H,1,10-13H2,2-4H3,(H,22,27)/b23-14-/t15-,18?/m0/s1. The molecule has 2 atom stereocenters. The molecule has 7 nitrogen and oxygen atoms in total. The predicted molar refractivity (Wildman–Crippen MR) is 113 cm³/mol. The van der Waals surface area contributed by atoms with Crippen molar-refractivity contribution in [2.75, 3.05) is 13.7 Å². The van der Waals surface area contributed by atoms with Crippen molar-refractivity contribution in [1.29, 1.82) is 0 Å². The van der Waals surface area contributed by atoms with E-state index < -0.39 is 12.1 Å². The van der Waals surface area contributed by atoms with Gasteiger partial charge in [0.2, 0.25) is 11.8 Å². The maximum atomic E-state index is 12.6. The molecule has 0 heterocycles. The number of amides is 2. The fourth-order valence-corrected chi connectivity index (χ4v) is 2.61. The van der Waals surface area contributed by atoms with Crippen LogP contribution >= 0.6 is 15.9 Å². The molecule has 28 heavy (non-hydrogen) atoms. The lowest BCUT2D eigenvalue weighted by atomic mass is 10.1. The van der Waals surface area contributed by atoms with Gasteiger partial charge < -0.3 is 20.2 Å². The first-order valence-corrected chi connectivity index (χ1v) is 9.78. The second-order valence-corrected chi connectivity index (χ2v) is 7.39. The van der Waals surface area contributed by atoms with Crippen molar-refractivity contribution in [3.05, 3.63) is 47.0 Å². The Morgan fingerprint density at radius 2 is 2.04 bits per heavy atom. The molecule has 1 rings (SSSR count). The van der Waals surface area contributed by atoms with Crippen molar-refractivity contribution >= 4 is 33.5 Å². The van der Waals surface area contributed by atoms with Crippen molar-refractivity contribution in [2.24, 2.45) is 5.16 Å². The van der Waals surface area contributed by atoms with Crippen molar-refractivity contribution in [3.8, 4) is 0 Å². The third-order valence-corrected chi connectivity index (χ3v) is 4.55. The van der Waals surface area contributed by atoms with E-state index in [4.69, 9.17) is 4.84 Å². The third kappa shape index (κ3) is 8.67. The van der Waals surface area contributed by atoms with Crippen molar-refractivity contribution in [1.82, 2.24) is 10.2 Å². The zero-order valence-corrected chi connectivity index (χ0v) is 18.1. The van der Waals surface area contributed by atoms with E-state index in [-0.39, 0.29) is 31.3 Å². The Balaban J connectivity index is 2.65. The average Bonchev–Trinajstić information content (AvgIpc) is 2.67. The van der Waals surface area contributed by atoms with Gasteiger partial charge in [0.05, 0.1) is 18.2 Å². The number of rotatable bonds is 11. The first-order valence-electron chi connectivity index (χ1n) is 8.99. The molecule has 0 saturated carbocycles. The molecule has 154 valence electrons. The van der Waals surface area contributed by atoms with Gasteiger partial charge in [-0.2, -0.15) is 0 Å². The van der Waals surface area contributed by atoms with Crippen LogP contribution in [0, 0.1) is 0 Å². The lowest BCUT2D eigenvalue weighted by molar-refractivity contribution is -0.140. The van der Waals surface area contributed by atoms with Crippen LogP contribution in [-0.2, 0) is 21.0 Å². The number of aliphatic hydroxyl groups is 1. The third-order valence-electron chi connectivity index (χ3n) is 4.02. The Labute approximate surface area is 174 Å². The fourth-order valence-electron chi connectivity index (χ4n) is 2.34. The number of halogens is 1. The van der Waals surface area contributed by atoms with E-state index in [1.807, 2.05) is 24.3 Å². The van der Waals surface area contributed by atoms with Crippen LogP contribution in [0.15, 0.2) is 46.5 Å². The topological polar surface area (TPSA) is 91.2 Å². The number of oxime groups is 1. The summed E-state index contributed by atoms with van der Waals surface area (Å²) in [5, 5.41) is 16.3. The van der Waals surface area contributed by atoms with Gasteiger partial charge in [-0.15, -0.1) is 0 Å². The summed E-state index contributed by atoms with van der Waals surface area (Å²) >= 11 is 3.37. The summed E-state index contributed by atoms with van der Waals surface area (Å²) in [5.41, 5.74) is 1.55. The minimum absolute atomic E-state index is 0.0702. The quantitative estimate of drug-likeness (QED) is 0.306. The molecule has 0 aliphatic rings. The lowest BCUT2D eigenvalue weighted by Crippen LogP contribution is -2.49. The first-order chi connectivity index (χ1) is 13.2. The van der Waals surface area contributed by atoms with Gasteiger partial charge in [0.1, 0.15) is 12.6 Å². The molecule has 0 aliphatic carbocycles. The summed E-state index contributed by atoms with van der Waals surface area (Å²) < 4.78 is 0.953. The molecular formula is C20H28BrN3O4. The van der Waals surface area contributed by atoms with Gasteiger partial charge in [-0.3, -0.25) is 9.59 Å². The van der Waals surface area contributed by atoms with Crippen LogP contribution in [0.1, 0.15) is 32.3 Å². The number of hydrogen-bond acceptors (Lipinski definition) is 5. The zero-order valence-electron chi connectivity index (χ0n) is 16.5. The second-order valence-electron chi connectivity index (χ2n) is 6.47. The Kier molecular flexibility index (Phi) is 10.5. The van der Waals surface area contributed by atoms with E-state index in [0.717, 1.165) is 10.0 Å². The molecule has 8 heteroatoms. The molecule has 0 aliphatic heterocycles. The number of nitrogens with one attached hydrogen (secondary N) is 1. The zero-order chi connectivity index (χ0) is 21.1. The first kappa shape index (κ1) is 23.8. The van der Waals surface area contributed by atoms with Gasteiger partial charge in [-0.25, -0.2) is 0 Å². The molecule has 0 saturated heterocycles. The predicted octanol–water partition coefficient (Wildman–Crippen LogP) is 2.63. The highest BCUT2D eigenvalue weighted by Crippen LogP contribution is 2.12. The summed E-state index contributed by atoms with van der Waals surface area (Å²) in [5.74, 6) is -0.586. The van der Waals surface area contributed by atoms with Crippen molar-refractivity contribution in [2.45, 2.75) is 45.4 Å². The average molecular weight is 454 g/mol. The number of carbonyl (C=O) groups is 2. The highest BCUT2D eigenvalue weighted by Gasteiger charge is 2.28. The SMILES string of the molecule is C=C/C(C)=N\OCCC(=O)N(C)C(C[C@H](C)O)C(=O)NCc1ccc(Br)cc1. The summed E-state index contributed by atoms with van der Waals surface area (Å²) in [7, 11) is 1.55. The summed E-state index contributed by atoms with van der Waals surface area (Å²) in [6, 6.07) is 6.79. The van der Waals surface area contributed by atoms with Gasteiger partial charge in [-0.1, -0.05) is 39.8 Å². The molecule has 2 N–H and O–H groups in total. The number of carbonyl (C=O) groups excluding carboxylic acids is 2.